The maximum atomic E-state index is 13.4. The van der Waals surface area contributed by atoms with E-state index < -0.39 is 5.82 Å². The Balaban J connectivity index is 2.05. The van der Waals surface area contributed by atoms with Gasteiger partial charge in [-0.3, -0.25) is 0 Å². The van der Waals surface area contributed by atoms with Crippen molar-refractivity contribution in [3.63, 3.8) is 0 Å². The molecule has 0 aliphatic rings. The molecule has 0 spiro atoms. The highest BCUT2D eigenvalue weighted by Gasteiger charge is 2.10. The number of hydrogen-bond acceptors (Lipinski definition) is 2. The first kappa shape index (κ1) is 11.9. The number of benzene rings is 2. The lowest BCUT2D eigenvalue weighted by Gasteiger charge is -2.03. The van der Waals surface area contributed by atoms with Crippen molar-refractivity contribution < 1.29 is 4.39 Å². The molecule has 0 bridgehead atoms. The van der Waals surface area contributed by atoms with Crippen LogP contribution in [-0.4, -0.2) is 15.0 Å². The lowest BCUT2D eigenvalue weighted by atomic mass is 10.2. The molecule has 94 valence electrons. The molecule has 0 atom stereocenters. The SMILES string of the molecule is Fc1cccc(-n2cc(-c3ccccc3)nn2)c1Cl. The van der Waals surface area contributed by atoms with Gasteiger partial charge in [-0.25, -0.2) is 9.07 Å². The molecule has 3 nitrogen and oxygen atoms in total. The summed E-state index contributed by atoms with van der Waals surface area (Å²) in [5.74, 6) is -0.476. The summed E-state index contributed by atoms with van der Waals surface area (Å²) in [7, 11) is 0. The van der Waals surface area contributed by atoms with Gasteiger partial charge < -0.3 is 0 Å². The zero-order valence-electron chi connectivity index (χ0n) is 9.79. The minimum atomic E-state index is -0.476. The fraction of sp³-hybridized carbons (Fsp3) is 0. The highest BCUT2D eigenvalue weighted by molar-refractivity contribution is 6.32. The summed E-state index contributed by atoms with van der Waals surface area (Å²) in [6, 6.07) is 14.2. The number of aromatic nitrogens is 3. The monoisotopic (exact) mass is 273 g/mol. The third-order valence-corrected chi connectivity index (χ3v) is 3.12. The zero-order valence-corrected chi connectivity index (χ0v) is 10.5. The third kappa shape index (κ3) is 2.22. The molecule has 0 fully saturated rings. The van der Waals surface area contributed by atoms with Gasteiger partial charge in [0.05, 0.1) is 11.9 Å². The van der Waals surface area contributed by atoms with Crippen molar-refractivity contribution in [3.8, 4) is 16.9 Å². The Hall–Kier alpha value is -2.20. The Morgan fingerprint density at radius 1 is 1.00 bits per heavy atom. The van der Waals surface area contributed by atoms with Crippen LogP contribution < -0.4 is 0 Å². The number of rotatable bonds is 2. The number of hydrogen-bond donors (Lipinski definition) is 0. The van der Waals surface area contributed by atoms with Crippen LogP contribution in [0.3, 0.4) is 0 Å². The van der Waals surface area contributed by atoms with Crippen LogP contribution >= 0.6 is 11.6 Å². The molecule has 2 aromatic carbocycles. The predicted octanol–water partition coefficient (Wildman–Crippen LogP) is 3.73. The van der Waals surface area contributed by atoms with Gasteiger partial charge >= 0.3 is 0 Å². The van der Waals surface area contributed by atoms with Gasteiger partial charge in [0.1, 0.15) is 16.5 Å². The first-order valence-corrected chi connectivity index (χ1v) is 6.05. The molecule has 0 unspecified atom stereocenters. The molecular weight excluding hydrogens is 265 g/mol. The van der Waals surface area contributed by atoms with Crippen molar-refractivity contribution in [2.24, 2.45) is 0 Å². The lowest BCUT2D eigenvalue weighted by molar-refractivity contribution is 0.625. The molecule has 1 aromatic heterocycles. The van der Waals surface area contributed by atoms with E-state index in [1.807, 2.05) is 30.3 Å². The summed E-state index contributed by atoms with van der Waals surface area (Å²) in [5, 5.41) is 8.08. The standard InChI is InChI=1S/C14H9ClFN3/c15-14-11(16)7-4-8-13(14)19-9-12(17-18-19)10-5-2-1-3-6-10/h1-9H. The Morgan fingerprint density at radius 3 is 2.58 bits per heavy atom. The van der Waals surface area contributed by atoms with E-state index in [0.717, 1.165) is 5.56 Å². The van der Waals surface area contributed by atoms with Crippen LogP contribution in [0.2, 0.25) is 5.02 Å². The molecule has 0 saturated carbocycles. The molecule has 0 aliphatic carbocycles. The summed E-state index contributed by atoms with van der Waals surface area (Å²) >= 11 is 5.92. The van der Waals surface area contributed by atoms with Gasteiger partial charge in [-0.05, 0) is 12.1 Å². The maximum absolute atomic E-state index is 13.4. The van der Waals surface area contributed by atoms with E-state index in [9.17, 15) is 4.39 Å². The van der Waals surface area contributed by atoms with Crippen LogP contribution in [-0.2, 0) is 0 Å². The minimum absolute atomic E-state index is 0.0343. The van der Waals surface area contributed by atoms with E-state index in [-0.39, 0.29) is 5.02 Å². The van der Waals surface area contributed by atoms with Crippen molar-refractivity contribution in [3.05, 3.63) is 65.6 Å². The molecule has 0 saturated heterocycles. The molecule has 0 amide bonds. The van der Waals surface area contributed by atoms with Gasteiger partial charge in [0, 0.05) is 5.56 Å². The van der Waals surface area contributed by atoms with Crippen molar-refractivity contribution in [2.45, 2.75) is 0 Å². The van der Waals surface area contributed by atoms with Crippen molar-refractivity contribution in [2.75, 3.05) is 0 Å². The van der Waals surface area contributed by atoms with Gasteiger partial charge in [-0.1, -0.05) is 53.2 Å². The first-order chi connectivity index (χ1) is 9.25. The topological polar surface area (TPSA) is 30.7 Å². The molecular formula is C14H9ClFN3. The first-order valence-electron chi connectivity index (χ1n) is 5.68. The van der Waals surface area contributed by atoms with Crippen LogP contribution in [0.5, 0.6) is 0 Å². The number of halogens is 2. The summed E-state index contributed by atoms with van der Waals surface area (Å²) in [5.41, 5.74) is 2.12. The van der Waals surface area contributed by atoms with Gasteiger partial charge in [0.25, 0.3) is 0 Å². The van der Waals surface area contributed by atoms with Crippen LogP contribution in [0.25, 0.3) is 16.9 Å². The Kier molecular flexibility index (Phi) is 3.01. The fourth-order valence-corrected chi connectivity index (χ4v) is 2.00. The van der Waals surface area contributed by atoms with E-state index in [1.165, 1.54) is 10.7 Å². The quantitative estimate of drug-likeness (QED) is 0.712. The normalized spacial score (nSPS) is 10.6. The van der Waals surface area contributed by atoms with Crippen LogP contribution in [0.1, 0.15) is 0 Å². The van der Waals surface area contributed by atoms with Gasteiger partial charge in [0.15, 0.2) is 0 Å². The Labute approximate surface area is 114 Å². The zero-order chi connectivity index (χ0) is 13.2. The molecule has 0 radical (unpaired) electrons. The second kappa shape index (κ2) is 4.82. The summed E-state index contributed by atoms with van der Waals surface area (Å²) in [6.45, 7) is 0. The molecule has 0 aliphatic heterocycles. The largest absolute Gasteiger partial charge is 0.218 e. The average molecular weight is 274 g/mol. The van der Waals surface area contributed by atoms with Gasteiger partial charge in [0.2, 0.25) is 0 Å². The second-order valence-corrected chi connectivity index (χ2v) is 4.37. The van der Waals surface area contributed by atoms with Crippen LogP contribution in [0.4, 0.5) is 4.39 Å². The second-order valence-electron chi connectivity index (χ2n) is 3.99. The number of nitrogens with zero attached hydrogens (tertiary/aromatic N) is 3. The van der Waals surface area contributed by atoms with E-state index in [4.69, 9.17) is 11.6 Å². The fourth-order valence-electron chi connectivity index (χ4n) is 1.79. The highest BCUT2D eigenvalue weighted by Crippen LogP contribution is 2.24. The van der Waals surface area contributed by atoms with Crippen molar-refractivity contribution in [1.82, 2.24) is 15.0 Å². The van der Waals surface area contributed by atoms with Gasteiger partial charge in [-0.2, -0.15) is 0 Å². The van der Waals surface area contributed by atoms with Crippen molar-refractivity contribution >= 4 is 11.6 Å². The minimum Gasteiger partial charge on any atom is -0.218 e. The van der Waals surface area contributed by atoms with E-state index in [2.05, 4.69) is 10.3 Å². The molecule has 5 heteroatoms. The molecule has 3 rings (SSSR count). The summed E-state index contributed by atoms with van der Waals surface area (Å²) in [6.07, 6.45) is 1.72. The average Bonchev–Trinajstić information content (AvgIpc) is 2.92. The van der Waals surface area contributed by atoms with Crippen molar-refractivity contribution in [1.29, 1.82) is 0 Å². The maximum Gasteiger partial charge on any atom is 0.143 e. The Morgan fingerprint density at radius 2 is 1.79 bits per heavy atom. The van der Waals surface area contributed by atoms with Crippen LogP contribution in [0.15, 0.2) is 54.7 Å². The molecule has 0 N–H and O–H groups in total. The highest BCUT2D eigenvalue weighted by atomic mass is 35.5. The van der Waals surface area contributed by atoms with E-state index in [1.54, 1.807) is 18.3 Å². The van der Waals surface area contributed by atoms with E-state index >= 15 is 0 Å². The summed E-state index contributed by atoms with van der Waals surface area (Å²) < 4.78 is 14.9. The molecule has 1 heterocycles. The Bertz CT molecular complexity index is 710. The van der Waals surface area contributed by atoms with Gasteiger partial charge in [-0.15, -0.1) is 5.10 Å². The van der Waals surface area contributed by atoms with E-state index in [0.29, 0.717) is 11.4 Å². The molecule has 3 aromatic rings. The predicted molar refractivity (Wildman–Crippen MR) is 71.8 cm³/mol. The smallest absolute Gasteiger partial charge is 0.143 e. The molecule has 19 heavy (non-hydrogen) atoms. The lowest BCUT2D eigenvalue weighted by Crippen LogP contribution is -1.97. The summed E-state index contributed by atoms with van der Waals surface area (Å²) in [4.78, 5) is 0. The third-order valence-electron chi connectivity index (χ3n) is 2.74. The van der Waals surface area contributed by atoms with Crippen LogP contribution in [0, 0.1) is 5.82 Å².